The van der Waals surface area contributed by atoms with Gasteiger partial charge < -0.3 is 39.0 Å². The van der Waals surface area contributed by atoms with Gasteiger partial charge in [0.05, 0.1) is 24.9 Å². The van der Waals surface area contributed by atoms with Crippen LogP contribution >= 0.6 is 0 Å². The summed E-state index contributed by atoms with van der Waals surface area (Å²) < 4.78 is 46.7. The van der Waals surface area contributed by atoms with E-state index in [0.29, 0.717) is 44.4 Å². The first kappa shape index (κ1) is 50.6. The Kier molecular flexibility index (Phi) is 19.5. The van der Waals surface area contributed by atoms with Crippen molar-refractivity contribution >= 4 is 23.4 Å². The van der Waals surface area contributed by atoms with Gasteiger partial charge in [-0.3, -0.25) is 14.4 Å². The molecule has 344 valence electrons. The van der Waals surface area contributed by atoms with Crippen molar-refractivity contribution in [2.45, 2.75) is 167 Å². The molecule has 14 unspecified atom stereocenters. The van der Waals surface area contributed by atoms with Gasteiger partial charge in [0.25, 0.3) is 11.7 Å². The SMILES string of the molecule is C=CCNC1CCC(C=C(C)C2OC(=O)C3CCCCN3C(=O)C(=O)C3(O)OC(C(OC)CC(C)C(F)C(C)=CC(CC)C(=O)CCC2C)C(OC)CC3C)CC1OCC=C. The van der Waals surface area contributed by atoms with Crippen LogP contribution in [0.2, 0.25) is 0 Å². The van der Waals surface area contributed by atoms with Crippen molar-refractivity contribution in [2.75, 3.05) is 33.9 Å². The highest BCUT2D eigenvalue weighted by Gasteiger charge is 2.56. The molecule has 1 amide bonds. The second kappa shape index (κ2) is 23.6. The molecule has 0 aromatic carbocycles. The zero-order valence-electron chi connectivity index (χ0n) is 38.1. The summed E-state index contributed by atoms with van der Waals surface area (Å²) in [6.07, 6.45) is 7.97. The predicted octanol–water partition coefficient (Wildman–Crippen LogP) is 6.79. The lowest BCUT2D eigenvalue weighted by atomic mass is 9.81. The van der Waals surface area contributed by atoms with E-state index in [1.165, 1.54) is 19.1 Å². The summed E-state index contributed by atoms with van der Waals surface area (Å²) in [6, 6.07) is -0.936. The van der Waals surface area contributed by atoms with Crippen LogP contribution in [0.5, 0.6) is 0 Å². The van der Waals surface area contributed by atoms with Gasteiger partial charge in [-0.25, -0.2) is 9.18 Å². The van der Waals surface area contributed by atoms with Crippen molar-refractivity contribution < 1.29 is 52.4 Å². The second-order valence-electron chi connectivity index (χ2n) is 18.1. The molecule has 3 heterocycles. The van der Waals surface area contributed by atoms with Crippen molar-refractivity contribution in [3.8, 4) is 0 Å². The number of carbonyl (C=O) groups is 4. The number of nitrogens with one attached hydrogen (secondary N) is 1. The molecule has 3 aliphatic heterocycles. The molecule has 2 N–H and O–H groups in total. The van der Waals surface area contributed by atoms with Crippen LogP contribution in [-0.4, -0.2) is 122 Å². The molecule has 14 atom stereocenters. The first-order valence-electron chi connectivity index (χ1n) is 22.7. The third-order valence-electron chi connectivity index (χ3n) is 13.7. The van der Waals surface area contributed by atoms with E-state index >= 15 is 4.39 Å². The number of Topliss-reactive ketones (excluding diaryl/α,β-unsaturated/α-hetero) is 2. The first-order chi connectivity index (χ1) is 29.0. The van der Waals surface area contributed by atoms with Crippen molar-refractivity contribution in [3.05, 3.63) is 48.6 Å². The summed E-state index contributed by atoms with van der Waals surface area (Å²) in [6.45, 7) is 19.7. The van der Waals surface area contributed by atoms with Crippen LogP contribution in [0.4, 0.5) is 4.39 Å². The van der Waals surface area contributed by atoms with E-state index in [0.717, 1.165) is 24.8 Å². The monoisotopic (exact) mass is 859 g/mol. The molecule has 1 saturated carbocycles. The Morgan fingerprint density at radius 3 is 2.34 bits per heavy atom. The molecule has 0 spiro atoms. The van der Waals surface area contributed by atoms with Crippen LogP contribution in [0.3, 0.4) is 0 Å². The smallest absolute Gasteiger partial charge is 0.329 e. The van der Waals surface area contributed by atoms with Crippen LogP contribution in [0, 0.1) is 29.6 Å². The molecule has 4 aliphatic rings. The van der Waals surface area contributed by atoms with Gasteiger partial charge in [-0.15, -0.1) is 13.2 Å². The number of aliphatic hydroxyl groups is 1. The molecule has 0 aromatic heterocycles. The van der Waals surface area contributed by atoms with E-state index in [1.807, 2.05) is 26.8 Å². The summed E-state index contributed by atoms with van der Waals surface area (Å²) in [5, 5.41) is 15.6. The van der Waals surface area contributed by atoms with Crippen molar-refractivity contribution in [2.24, 2.45) is 29.6 Å². The number of hydrogen-bond acceptors (Lipinski definition) is 11. The third kappa shape index (κ3) is 12.6. The van der Waals surface area contributed by atoms with Gasteiger partial charge >= 0.3 is 5.97 Å². The number of amides is 1. The zero-order chi connectivity index (χ0) is 45.0. The summed E-state index contributed by atoms with van der Waals surface area (Å²) in [5.41, 5.74) is 1.25. The number of cyclic esters (lactones) is 1. The van der Waals surface area contributed by atoms with Crippen LogP contribution in [0.25, 0.3) is 0 Å². The molecule has 0 radical (unpaired) electrons. The fraction of sp³-hybridized carbons (Fsp3) is 0.750. The van der Waals surface area contributed by atoms with E-state index in [4.69, 9.17) is 23.7 Å². The van der Waals surface area contributed by atoms with Gasteiger partial charge in [0.15, 0.2) is 0 Å². The fourth-order valence-corrected chi connectivity index (χ4v) is 9.91. The van der Waals surface area contributed by atoms with Gasteiger partial charge in [0.1, 0.15) is 30.2 Å². The lowest BCUT2D eigenvalue weighted by Gasteiger charge is -2.47. The highest BCUT2D eigenvalue weighted by atomic mass is 19.1. The first-order valence-corrected chi connectivity index (χ1v) is 22.7. The Hall–Kier alpha value is -3.07. The van der Waals surface area contributed by atoms with Crippen molar-refractivity contribution in [1.29, 1.82) is 0 Å². The number of rotatable bonds is 11. The topological polar surface area (TPSA) is 150 Å². The molecular formula is C48H75FN2O10. The minimum absolute atomic E-state index is 0.0250. The Bertz CT molecular complexity index is 1580. The van der Waals surface area contributed by atoms with Crippen LogP contribution < -0.4 is 5.32 Å². The van der Waals surface area contributed by atoms with Gasteiger partial charge in [0.2, 0.25) is 5.79 Å². The number of halogens is 1. The molecule has 13 heteroatoms. The predicted molar refractivity (Wildman–Crippen MR) is 232 cm³/mol. The van der Waals surface area contributed by atoms with E-state index in [1.54, 1.807) is 32.9 Å². The second-order valence-corrected chi connectivity index (χ2v) is 18.1. The Morgan fingerprint density at radius 1 is 0.984 bits per heavy atom. The summed E-state index contributed by atoms with van der Waals surface area (Å²) in [4.78, 5) is 58.1. The maximum Gasteiger partial charge on any atom is 0.329 e. The Morgan fingerprint density at radius 2 is 1.69 bits per heavy atom. The van der Waals surface area contributed by atoms with Gasteiger partial charge in [-0.1, -0.05) is 52.0 Å². The van der Waals surface area contributed by atoms with Gasteiger partial charge in [0, 0.05) is 51.6 Å². The third-order valence-corrected chi connectivity index (χ3v) is 13.7. The molecule has 2 saturated heterocycles. The number of fused-ring (bicyclic) bond motifs is 3. The normalized spacial score (nSPS) is 38.1. The zero-order valence-corrected chi connectivity index (χ0v) is 38.1. The van der Waals surface area contributed by atoms with Gasteiger partial charge in [-0.2, -0.15) is 0 Å². The average molecular weight is 859 g/mol. The number of alkyl halides is 1. The summed E-state index contributed by atoms with van der Waals surface area (Å²) >= 11 is 0. The minimum Gasteiger partial charge on any atom is -0.456 e. The van der Waals surface area contributed by atoms with Crippen molar-refractivity contribution in [3.63, 3.8) is 0 Å². The molecule has 3 fully saturated rings. The molecule has 2 bridgehead atoms. The summed E-state index contributed by atoms with van der Waals surface area (Å²) in [7, 11) is 2.93. The minimum atomic E-state index is -2.56. The van der Waals surface area contributed by atoms with E-state index in [-0.39, 0.29) is 62.0 Å². The lowest BCUT2D eigenvalue weighted by molar-refractivity contribution is -0.302. The van der Waals surface area contributed by atoms with Crippen LogP contribution in [0.15, 0.2) is 48.6 Å². The molecule has 1 aliphatic carbocycles. The number of hydrogen-bond donors (Lipinski definition) is 2. The molecule has 0 aromatic rings. The molecule has 12 nitrogen and oxygen atoms in total. The number of allylic oxidation sites excluding steroid dienone is 3. The van der Waals surface area contributed by atoms with E-state index in [9.17, 15) is 24.3 Å². The van der Waals surface area contributed by atoms with E-state index in [2.05, 4.69) is 24.6 Å². The maximum atomic E-state index is 16.3. The highest BCUT2D eigenvalue weighted by Crippen LogP contribution is 2.39. The largest absolute Gasteiger partial charge is 0.456 e. The standard InChI is InChI=1S/C48H75FN2O10/c1-11-21-50-36-19-18-34(28-39(36)59-23-12-2)24-32(7)43-29(4)17-20-38(52)35(13-3)25-30(5)42(49)31(6)26-40(57-9)44-41(58-10)27-33(8)48(56,61-44)45(53)46(54)51-22-15-14-16-37(51)47(55)60-43/h11-12,24-25,29,31,33-37,39-44,50,56H,1-2,13-23,26-28H2,3-10H3. The number of methoxy groups -OCH3 is 2. The number of ether oxygens (including phenoxy) is 5. The number of ketones is 2. The van der Waals surface area contributed by atoms with Gasteiger partial charge in [-0.05, 0) is 107 Å². The van der Waals surface area contributed by atoms with Crippen molar-refractivity contribution in [1.82, 2.24) is 10.2 Å². The van der Waals surface area contributed by atoms with Crippen LogP contribution in [-0.2, 0) is 42.9 Å². The van der Waals surface area contributed by atoms with Crippen LogP contribution in [0.1, 0.15) is 112 Å². The Balaban J connectivity index is 1.74. The lowest BCUT2D eigenvalue weighted by Crippen LogP contribution is -2.64. The quantitative estimate of drug-likeness (QED) is 0.129. The number of esters is 1. The molecule has 4 rings (SSSR count). The Labute approximate surface area is 364 Å². The number of piperidine rings is 1. The summed E-state index contributed by atoms with van der Waals surface area (Å²) in [5.74, 6) is -7.65. The molecule has 61 heavy (non-hydrogen) atoms. The maximum absolute atomic E-state index is 16.3. The molecular weight excluding hydrogens is 784 g/mol. The van der Waals surface area contributed by atoms with E-state index < -0.39 is 77.8 Å². The fourth-order valence-electron chi connectivity index (χ4n) is 9.91. The number of nitrogens with zero attached hydrogens (tertiary/aromatic N) is 1. The average Bonchev–Trinajstić information content (AvgIpc) is 3.26. The number of carbonyl (C=O) groups excluding carboxylic acids is 4. The highest BCUT2D eigenvalue weighted by molar-refractivity contribution is 6.39.